The van der Waals surface area contributed by atoms with E-state index in [1.54, 1.807) is 36.4 Å². The molecule has 9 heteroatoms. The Morgan fingerprint density at radius 3 is 2.81 bits per heavy atom. The van der Waals surface area contributed by atoms with E-state index in [0.29, 0.717) is 36.4 Å². The molecule has 1 amide bonds. The van der Waals surface area contributed by atoms with E-state index in [4.69, 9.17) is 44.9 Å². The lowest BCUT2D eigenvalue weighted by molar-refractivity contribution is -0.137. The number of carboxylic acid groups (broad SMARTS) is 1. The van der Waals surface area contributed by atoms with Gasteiger partial charge in [-0.2, -0.15) is 0 Å². The number of hydrogen-bond donors (Lipinski definition) is 1. The van der Waals surface area contributed by atoms with E-state index < -0.39 is 5.97 Å². The fourth-order valence-corrected chi connectivity index (χ4v) is 3.98. The molecule has 1 N–H and O–H groups in total. The largest absolute Gasteiger partial charge is 0.481 e. The van der Waals surface area contributed by atoms with Gasteiger partial charge in [0.1, 0.15) is 15.8 Å². The first-order valence-corrected chi connectivity index (χ1v) is 9.36. The molecule has 3 rings (SSSR count). The fraction of sp³-hybridized carbons (Fsp3) is 0.118. The molecule has 2 heterocycles. The molecule has 0 saturated carbocycles. The highest BCUT2D eigenvalue weighted by Crippen LogP contribution is 2.36. The standard InChI is InChI=1S/C17H11Cl2NO4S2/c18-11-3-1-2-10(15(11)19)12-5-4-9(24-12)8-13-16(23)20(17(25)26-13)7-6-14(21)22/h1-5,8H,6-7H2,(H,21,22)/b13-8-. The van der Waals surface area contributed by atoms with Crippen LogP contribution in [0.25, 0.3) is 17.4 Å². The first-order chi connectivity index (χ1) is 12.4. The van der Waals surface area contributed by atoms with Gasteiger partial charge in [0.2, 0.25) is 0 Å². The zero-order chi connectivity index (χ0) is 18.8. The number of amides is 1. The smallest absolute Gasteiger partial charge is 0.305 e. The second-order valence-corrected chi connectivity index (χ2v) is 7.74. The Balaban J connectivity index is 1.82. The summed E-state index contributed by atoms with van der Waals surface area (Å²) >= 11 is 18.5. The molecule has 1 saturated heterocycles. The minimum Gasteiger partial charge on any atom is -0.481 e. The molecule has 0 atom stereocenters. The molecular formula is C17H11Cl2NO4S2. The minimum absolute atomic E-state index is 0.0405. The maximum atomic E-state index is 12.4. The average Bonchev–Trinajstić information content (AvgIpc) is 3.14. The van der Waals surface area contributed by atoms with Crippen molar-refractivity contribution in [2.75, 3.05) is 6.54 Å². The van der Waals surface area contributed by atoms with Crippen LogP contribution in [0.5, 0.6) is 0 Å². The lowest BCUT2D eigenvalue weighted by atomic mass is 10.2. The van der Waals surface area contributed by atoms with E-state index in [9.17, 15) is 9.59 Å². The molecule has 26 heavy (non-hydrogen) atoms. The van der Waals surface area contributed by atoms with Crippen LogP contribution in [0.4, 0.5) is 0 Å². The molecule has 0 radical (unpaired) electrons. The van der Waals surface area contributed by atoms with Gasteiger partial charge in [0.25, 0.3) is 5.91 Å². The number of carbonyl (C=O) groups is 2. The molecule has 1 aromatic carbocycles. The second kappa shape index (κ2) is 7.84. The number of thiocarbonyl (C=S) groups is 1. The summed E-state index contributed by atoms with van der Waals surface area (Å²) in [4.78, 5) is 24.7. The van der Waals surface area contributed by atoms with Gasteiger partial charge < -0.3 is 9.52 Å². The number of carboxylic acids is 1. The van der Waals surface area contributed by atoms with E-state index in [1.165, 1.54) is 4.90 Å². The maximum Gasteiger partial charge on any atom is 0.305 e. The monoisotopic (exact) mass is 427 g/mol. The van der Waals surface area contributed by atoms with Gasteiger partial charge in [0.05, 0.1) is 21.4 Å². The molecule has 1 aliphatic rings. The lowest BCUT2D eigenvalue weighted by Crippen LogP contribution is -2.30. The number of halogens is 2. The Bertz CT molecular complexity index is 939. The molecule has 1 aliphatic heterocycles. The van der Waals surface area contributed by atoms with E-state index in [-0.39, 0.29) is 18.9 Å². The van der Waals surface area contributed by atoms with Gasteiger partial charge in [-0.25, -0.2) is 0 Å². The van der Waals surface area contributed by atoms with Crippen LogP contribution in [-0.4, -0.2) is 32.7 Å². The highest BCUT2D eigenvalue weighted by Gasteiger charge is 2.32. The predicted molar refractivity (Wildman–Crippen MR) is 106 cm³/mol. The average molecular weight is 428 g/mol. The molecule has 5 nitrogen and oxygen atoms in total. The van der Waals surface area contributed by atoms with E-state index in [2.05, 4.69) is 0 Å². The van der Waals surface area contributed by atoms with Crippen molar-refractivity contribution in [1.82, 2.24) is 4.90 Å². The fourth-order valence-electron chi connectivity index (χ4n) is 2.30. The lowest BCUT2D eigenvalue weighted by Gasteiger charge is -2.12. The summed E-state index contributed by atoms with van der Waals surface area (Å²) in [6.45, 7) is 0.0405. The predicted octanol–water partition coefficient (Wildman–Crippen LogP) is 4.93. The normalized spacial score (nSPS) is 15.9. The molecule has 1 aromatic heterocycles. The van der Waals surface area contributed by atoms with E-state index in [0.717, 1.165) is 11.8 Å². The Labute approximate surface area is 168 Å². The van der Waals surface area contributed by atoms with Crippen molar-refractivity contribution >= 4 is 69.5 Å². The van der Waals surface area contributed by atoms with Crippen molar-refractivity contribution in [3.63, 3.8) is 0 Å². The Morgan fingerprint density at radius 1 is 1.31 bits per heavy atom. The highest BCUT2D eigenvalue weighted by molar-refractivity contribution is 8.26. The van der Waals surface area contributed by atoms with Crippen LogP contribution in [0.2, 0.25) is 10.0 Å². The van der Waals surface area contributed by atoms with Crippen molar-refractivity contribution in [2.45, 2.75) is 6.42 Å². The molecule has 2 aromatic rings. The van der Waals surface area contributed by atoms with Crippen molar-refractivity contribution in [2.24, 2.45) is 0 Å². The summed E-state index contributed by atoms with van der Waals surface area (Å²) in [5.41, 5.74) is 0.646. The van der Waals surface area contributed by atoms with Crippen LogP contribution in [0, 0.1) is 0 Å². The third kappa shape index (κ3) is 3.96. The topological polar surface area (TPSA) is 70.8 Å². The highest BCUT2D eigenvalue weighted by atomic mass is 35.5. The molecule has 0 bridgehead atoms. The van der Waals surface area contributed by atoms with Crippen LogP contribution >= 0.6 is 47.2 Å². The van der Waals surface area contributed by atoms with Crippen LogP contribution in [-0.2, 0) is 9.59 Å². The van der Waals surface area contributed by atoms with Crippen molar-refractivity contribution in [3.8, 4) is 11.3 Å². The Kier molecular flexibility index (Phi) is 5.72. The molecule has 1 fully saturated rings. The number of rotatable bonds is 5. The number of hydrogen-bond acceptors (Lipinski definition) is 5. The van der Waals surface area contributed by atoms with E-state index in [1.807, 2.05) is 0 Å². The quantitative estimate of drug-likeness (QED) is 0.538. The van der Waals surface area contributed by atoms with Gasteiger partial charge >= 0.3 is 5.97 Å². The van der Waals surface area contributed by atoms with Gasteiger partial charge in [0, 0.05) is 18.2 Å². The minimum atomic E-state index is -0.989. The van der Waals surface area contributed by atoms with Crippen molar-refractivity contribution in [1.29, 1.82) is 0 Å². The van der Waals surface area contributed by atoms with Crippen LogP contribution in [0.3, 0.4) is 0 Å². The molecule has 0 unspecified atom stereocenters. The van der Waals surface area contributed by atoms with E-state index >= 15 is 0 Å². The molecule has 134 valence electrons. The van der Waals surface area contributed by atoms with Gasteiger partial charge in [-0.3, -0.25) is 14.5 Å². The summed E-state index contributed by atoms with van der Waals surface area (Å²) in [5, 5.41) is 9.56. The molecule has 0 aliphatic carbocycles. The van der Waals surface area contributed by atoms with Crippen LogP contribution in [0.15, 0.2) is 39.7 Å². The third-order valence-corrected chi connectivity index (χ3v) is 5.74. The van der Waals surface area contributed by atoms with Gasteiger partial charge in [-0.15, -0.1) is 0 Å². The summed E-state index contributed by atoms with van der Waals surface area (Å²) in [6.07, 6.45) is 1.40. The summed E-state index contributed by atoms with van der Waals surface area (Å²) in [5.74, 6) is -0.350. The number of benzene rings is 1. The second-order valence-electron chi connectivity index (χ2n) is 5.28. The zero-order valence-electron chi connectivity index (χ0n) is 13.1. The van der Waals surface area contributed by atoms with Gasteiger partial charge in [-0.1, -0.05) is 53.2 Å². The first-order valence-electron chi connectivity index (χ1n) is 7.38. The summed E-state index contributed by atoms with van der Waals surface area (Å²) in [7, 11) is 0. The van der Waals surface area contributed by atoms with Crippen molar-refractivity contribution in [3.05, 3.63) is 51.0 Å². The number of nitrogens with zero attached hydrogens (tertiary/aromatic N) is 1. The SMILES string of the molecule is O=C(O)CCN1C(=O)/C(=C/c2ccc(-c3cccc(Cl)c3Cl)o2)SC1=S. The van der Waals surface area contributed by atoms with Gasteiger partial charge in [0.15, 0.2) is 0 Å². The summed E-state index contributed by atoms with van der Waals surface area (Å²) < 4.78 is 6.07. The first kappa shape index (κ1) is 19.0. The van der Waals surface area contributed by atoms with Gasteiger partial charge in [-0.05, 0) is 24.3 Å². The summed E-state index contributed by atoms with van der Waals surface area (Å²) in [6, 6.07) is 8.66. The number of aliphatic carboxylic acids is 1. The maximum absolute atomic E-state index is 12.4. The Hall–Kier alpha value is -1.80. The third-order valence-electron chi connectivity index (χ3n) is 3.54. The van der Waals surface area contributed by atoms with Crippen LogP contribution < -0.4 is 0 Å². The molecular weight excluding hydrogens is 417 g/mol. The molecule has 0 spiro atoms. The Morgan fingerprint density at radius 2 is 2.08 bits per heavy atom. The zero-order valence-corrected chi connectivity index (χ0v) is 16.2. The van der Waals surface area contributed by atoms with Crippen LogP contribution in [0.1, 0.15) is 12.2 Å². The number of carbonyl (C=O) groups excluding carboxylic acids is 1. The van der Waals surface area contributed by atoms with Crippen molar-refractivity contribution < 1.29 is 19.1 Å². The number of furan rings is 1. The number of thioether (sulfide) groups is 1.